The van der Waals surface area contributed by atoms with E-state index in [0.717, 1.165) is 72.4 Å². The molecule has 2 aromatic heterocycles. The molecule has 0 saturated carbocycles. The van der Waals surface area contributed by atoms with E-state index < -0.39 is 6.85 Å². The van der Waals surface area contributed by atoms with E-state index in [4.69, 9.17) is 14.1 Å². The minimum absolute atomic E-state index is 0. The number of aryl methyl sites for hydroxylation is 2. The van der Waals surface area contributed by atoms with Gasteiger partial charge in [-0.05, 0) is 117 Å². The van der Waals surface area contributed by atoms with E-state index in [1.54, 1.807) is 0 Å². The maximum absolute atomic E-state index is 12.5. The van der Waals surface area contributed by atoms with Gasteiger partial charge in [0.2, 0.25) is 0 Å². The number of benzene rings is 7. The molecule has 0 bridgehead atoms. The number of pyridine rings is 1. The smallest absolute Gasteiger partial charge is 0.148 e. The van der Waals surface area contributed by atoms with Crippen LogP contribution in [0.15, 0.2) is 152 Å². The Morgan fingerprint density at radius 1 is 0.594 bits per heavy atom. The van der Waals surface area contributed by atoms with Crippen molar-refractivity contribution >= 4 is 11.0 Å². The van der Waals surface area contributed by atoms with Crippen molar-refractivity contribution in [2.45, 2.75) is 106 Å². The normalized spacial score (nSPS) is 12.8. The van der Waals surface area contributed by atoms with Crippen molar-refractivity contribution in [3.8, 4) is 78.6 Å². The first kappa shape index (κ1) is 45.1. The van der Waals surface area contributed by atoms with Crippen LogP contribution < -0.4 is 0 Å². The summed E-state index contributed by atoms with van der Waals surface area (Å²) >= 11 is 0. The van der Waals surface area contributed by atoms with Gasteiger partial charge in [-0.25, -0.2) is 4.98 Å². The second kappa shape index (κ2) is 19.2. The Hall–Kier alpha value is -6.35. The molecule has 0 saturated heterocycles. The Morgan fingerprint density at radius 3 is 1.91 bits per heavy atom. The topological polar surface area (TPSA) is 50.9 Å². The first-order chi connectivity index (χ1) is 33.6. The summed E-state index contributed by atoms with van der Waals surface area (Å²) in [6.45, 7) is 21.4. The van der Waals surface area contributed by atoms with E-state index in [2.05, 4.69) is 178 Å². The van der Waals surface area contributed by atoms with Gasteiger partial charge in [-0.3, -0.25) is 9.55 Å². The van der Waals surface area contributed by atoms with E-state index in [0.29, 0.717) is 28.2 Å². The zero-order valence-corrected chi connectivity index (χ0v) is 44.0. The Labute approximate surface area is 429 Å². The van der Waals surface area contributed by atoms with Gasteiger partial charge in [0, 0.05) is 42.6 Å². The van der Waals surface area contributed by atoms with E-state index in [1.165, 1.54) is 11.1 Å². The van der Waals surface area contributed by atoms with Crippen LogP contribution in [0.3, 0.4) is 0 Å². The molecule has 0 amide bonds. The zero-order chi connectivity index (χ0) is 50.7. The average Bonchev–Trinajstić information content (AvgIpc) is 3.72. The Morgan fingerprint density at radius 2 is 1.26 bits per heavy atom. The molecule has 9 rings (SSSR count). The van der Waals surface area contributed by atoms with Crippen molar-refractivity contribution in [2.75, 3.05) is 0 Å². The number of phenols is 1. The van der Waals surface area contributed by atoms with Crippen molar-refractivity contribution in [3.63, 3.8) is 0 Å². The molecule has 0 fully saturated rings. The van der Waals surface area contributed by atoms with Gasteiger partial charge < -0.3 is 5.11 Å². The fourth-order valence-electron chi connectivity index (χ4n) is 9.17. The summed E-state index contributed by atoms with van der Waals surface area (Å²) in [5.41, 5.74) is 16.7. The summed E-state index contributed by atoms with van der Waals surface area (Å²) in [5, 5.41) is 12.5. The first-order valence-corrected chi connectivity index (χ1v) is 23.9. The SMILES string of the molecule is [2H]C([2H])([2H])c1cc(-n2c(-c3cc(C(C)C)cc(C(C)C)c3O)nc3c(-c4[c-]c(-c5cc(-c6ccc(C)cc6)ccn5)cc(C(C)(C)C)c4)cccc32)c(-c2ccc(C(C)(C)C)cc2)cc1-c1ccccc1.[Pt]. The number of aromatic nitrogens is 3. The van der Waals surface area contributed by atoms with E-state index >= 15 is 0 Å². The third-order valence-electron chi connectivity index (χ3n) is 13.3. The Bertz CT molecular complexity index is 3430. The molecule has 0 spiro atoms. The predicted molar refractivity (Wildman–Crippen MR) is 287 cm³/mol. The number of para-hydroxylation sites is 1. The van der Waals surface area contributed by atoms with Crippen molar-refractivity contribution < 1.29 is 30.3 Å². The molecule has 7 aromatic carbocycles. The fraction of sp³-hybridized carbons (Fsp3) is 0.250. The van der Waals surface area contributed by atoms with Crippen molar-refractivity contribution in [1.29, 1.82) is 0 Å². The third-order valence-corrected chi connectivity index (χ3v) is 13.3. The van der Waals surface area contributed by atoms with Crippen LogP contribution in [-0.2, 0) is 31.9 Å². The fourth-order valence-corrected chi connectivity index (χ4v) is 9.17. The van der Waals surface area contributed by atoms with Gasteiger partial charge in [-0.15, -0.1) is 29.3 Å². The molecule has 0 unspecified atom stereocenters. The van der Waals surface area contributed by atoms with Gasteiger partial charge in [0.05, 0.1) is 22.3 Å². The third kappa shape index (κ3) is 9.79. The molecule has 0 aliphatic rings. The number of imidazole rings is 1. The van der Waals surface area contributed by atoms with Crippen molar-refractivity contribution in [1.82, 2.24) is 14.5 Å². The van der Waals surface area contributed by atoms with Gasteiger partial charge in [-0.2, -0.15) is 0 Å². The number of hydrogen-bond acceptors (Lipinski definition) is 3. The van der Waals surface area contributed by atoms with Crippen LogP contribution in [0.25, 0.3) is 83.9 Å². The molecule has 9 aromatic rings. The zero-order valence-electron chi connectivity index (χ0n) is 44.7. The molecule has 0 aliphatic carbocycles. The van der Waals surface area contributed by atoms with Gasteiger partial charge in [0.15, 0.2) is 0 Å². The minimum atomic E-state index is -2.48. The maximum atomic E-state index is 12.5. The van der Waals surface area contributed by atoms with Gasteiger partial charge in [-0.1, -0.05) is 189 Å². The molecule has 69 heavy (non-hydrogen) atoms. The van der Waals surface area contributed by atoms with E-state index in [1.807, 2.05) is 60.8 Å². The quantitative estimate of drug-likeness (QED) is 0.147. The number of rotatable bonds is 9. The van der Waals surface area contributed by atoms with Gasteiger partial charge >= 0.3 is 0 Å². The van der Waals surface area contributed by atoms with Crippen molar-refractivity contribution in [2.24, 2.45) is 0 Å². The summed E-state index contributed by atoms with van der Waals surface area (Å²) in [7, 11) is 0. The number of phenolic OH excluding ortho intramolecular Hbond substituents is 1. The molecule has 0 radical (unpaired) electrons. The Kier molecular flexibility index (Phi) is 12.6. The standard InChI is InChI=1S/C64H64N3O.Pt/c1-39(2)47-35-53(40(3)4)61(68)56(36-47)62-66-60-52(48-32-49(34-51(33-48)64(10,11)12)57-37-46(29-30-65-57)43-23-21-41(5)22-24-43)19-16-20-58(60)67(62)59-31-42(6)54(44-17-14-13-15-18-44)38-55(59)45-25-27-50(28-26-45)63(7,8)9;/h13-31,33-40,68H,1-12H3;/q-1;/i6D3;. The van der Waals surface area contributed by atoms with Crippen LogP contribution in [0.5, 0.6) is 5.75 Å². The second-order valence-electron chi connectivity index (χ2n) is 21.1. The maximum Gasteiger partial charge on any atom is 0.148 e. The molecule has 5 heteroatoms. The molecule has 0 atom stereocenters. The van der Waals surface area contributed by atoms with Crippen LogP contribution in [0.4, 0.5) is 0 Å². The first-order valence-electron chi connectivity index (χ1n) is 25.4. The molecule has 352 valence electrons. The predicted octanol–water partition coefficient (Wildman–Crippen LogP) is 17.4. The second-order valence-corrected chi connectivity index (χ2v) is 21.1. The molecule has 0 aliphatic heterocycles. The summed E-state index contributed by atoms with van der Waals surface area (Å²) in [4.78, 5) is 10.5. The van der Waals surface area contributed by atoms with E-state index in [9.17, 15) is 5.11 Å². The number of aromatic hydroxyl groups is 1. The number of nitrogens with zero attached hydrogens (tertiary/aromatic N) is 3. The van der Waals surface area contributed by atoms with Crippen LogP contribution in [0.2, 0.25) is 0 Å². The molecular formula is C64H64N3OPt-. The molecule has 2 heterocycles. The van der Waals surface area contributed by atoms with Crippen LogP contribution in [-0.4, -0.2) is 19.6 Å². The Balaban J connectivity index is 0.00000693. The van der Waals surface area contributed by atoms with E-state index in [-0.39, 0.29) is 55.0 Å². The van der Waals surface area contributed by atoms with Crippen LogP contribution in [0.1, 0.15) is 119 Å². The summed E-state index contributed by atoms with van der Waals surface area (Å²) in [5.74, 6) is 0.816. The largest absolute Gasteiger partial charge is 0.507 e. The summed E-state index contributed by atoms with van der Waals surface area (Å²) in [6, 6.07) is 53.5. The molecule has 4 nitrogen and oxygen atoms in total. The minimum Gasteiger partial charge on any atom is -0.507 e. The number of hydrogen-bond donors (Lipinski definition) is 1. The van der Waals surface area contributed by atoms with Gasteiger partial charge in [0.1, 0.15) is 11.6 Å². The molecular weight excluding hydrogens is 1020 g/mol. The monoisotopic (exact) mass is 1090 g/mol. The van der Waals surface area contributed by atoms with Crippen molar-refractivity contribution in [3.05, 3.63) is 191 Å². The van der Waals surface area contributed by atoms with Gasteiger partial charge in [0.25, 0.3) is 0 Å². The van der Waals surface area contributed by atoms with Crippen LogP contribution >= 0.6 is 0 Å². The molecule has 1 N–H and O–H groups in total. The summed E-state index contributed by atoms with van der Waals surface area (Å²) in [6.07, 6.45) is 1.87. The summed E-state index contributed by atoms with van der Waals surface area (Å²) < 4.78 is 29.3. The van der Waals surface area contributed by atoms with Crippen LogP contribution in [0, 0.1) is 19.8 Å². The number of fused-ring (bicyclic) bond motifs is 1. The average molecular weight is 1090 g/mol.